The van der Waals surface area contributed by atoms with Crippen molar-refractivity contribution < 1.29 is 38.8 Å². The monoisotopic (exact) mass is 852 g/mol. The SMILES string of the molecule is CCCCCCCCCCCOC(=O)CCCCCN(CCCCCCCC(=O)OC(CCCCCCCC)CCCCCCCC)CCOC(=O)/C=C/C(O)C(O)CC. The highest BCUT2D eigenvalue weighted by molar-refractivity contribution is 5.82. The van der Waals surface area contributed by atoms with Crippen LogP contribution >= 0.6 is 0 Å². The Morgan fingerprint density at radius 1 is 0.483 bits per heavy atom. The zero-order chi connectivity index (χ0) is 44.2. The molecule has 0 aliphatic rings. The van der Waals surface area contributed by atoms with E-state index in [9.17, 15) is 24.6 Å². The highest BCUT2D eigenvalue weighted by Crippen LogP contribution is 2.19. The highest BCUT2D eigenvalue weighted by Gasteiger charge is 2.15. The number of ether oxygens (including phenoxy) is 3. The summed E-state index contributed by atoms with van der Waals surface area (Å²) in [6.45, 7) is 11.6. The highest BCUT2D eigenvalue weighted by atomic mass is 16.5. The molecule has 0 fully saturated rings. The lowest BCUT2D eigenvalue weighted by Gasteiger charge is -2.22. The Morgan fingerprint density at radius 3 is 1.43 bits per heavy atom. The molecule has 0 saturated heterocycles. The predicted molar refractivity (Wildman–Crippen MR) is 249 cm³/mol. The minimum absolute atomic E-state index is 0.0318. The Bertz CT molecular complexity index is 974. The number of esters is 3. The Kier molecular flexibility index (Phi) is 43.6. The molecule has 0 bridgehead atoms. The van der Waals surface area contributed by atoms with E-state index in [1.54, 1.807) is 6.92 Å². The summed E-state index contributed by atoms with van der Waals surface area (Å²) in [4.78, 5) is 39.7. The number of carbonyl (C=O) groups is 3. The molecule has 2 N–H and O–H groups in total. The molecule has 0 aliphatic carbocycles. The molecule has 0 aromatic rings. The van der Waals surface area contributed by atoms with E-state index in [-0.39, 0.29) is 24.6 Å². The van der Waals surface area contributed by atoms with Crippen molar-refractivity contribution in [1.82, 2.24) is 4.90 Å². The summed E-state index contributed by atoms with van der Waals surface area (Å²) < 4.78 is 16.9. The van der Waals surface area contributed by atoms with Gasteiger partial charge in [0.15, 0.2) is 0 Å². The number of aliphatic hydroxyl groups excluding tert-OH is 2. The molecule has 0 aromatic carbocycles. The van der Waals surface area contributed by atoms with Crippen molar-refractivity contribution in [1.29, 1.82) is 0 Å². The van der Waals surface area contributed by atoms with E-state index >= 15 is 0 Å². The summed E-state index contributed by atoms with van der Waals surface area (Å²) in [5.74, 6) is -0.666. The summed E-state index contributed by atoms with van der Waals surface area (Å²) >= 11 is 0. The first-order valence-electron chi connectivity index (χ1n) is 25.6. The zero-order valence-electron chi connectivity index (χ0n) is 39.8. The molecule has 0 rings (SSSR count). The van der Waals surface area contributed by atoms with E-state index in [4.69, 9.17) is 14.2 Å². The molecular weight excluding hydrogens is 755 g/mol. The van der Waals surface area contributed by atoms with Gasteiger partial charge in [-0.25, -0.2) is 4.79 Å². The minimum Gasteiger partial charge on any atom is -0.466 e. The van der Waals surface area contributed by atoms with Crippen molar-refractivity contribution in [3.63, 3.8) is 0 Å². The minimum atomic E-state index is -1.10. The van der Waals surface area contributed by atoms with Gasteiger partial charge in [0.25, 0.3) is 0 Å². The number of hydrogen-bond donors (Lipinski definition) is 2. The number of rotatable bonds is 46. The molecule has 0 heterocycles. The van der Waals surface area contributed by atoms with Crippen molar-refractivity contribution >= 4 is 17.9 Å². The summed E-state index contributed by atoms with van der Waals surface area (Å²) in [6.07, 6.45) is 37.8. The van der Waals surface area contributed by atoms with Gasteiger partial charge in [-0.15, -0.1) is 0 Å². The maximum Gasteiger partial charge on any atom is 0.330 e. The molecule has 9 nitrogen and oxygen atoms in total. The summed E-state index contributed by atoms with van der Waals surface area (Å²) in [5, 5.41) is 19.7. The predicted octanol–water partition coefficient (Wildman–Crippen LogP) is 12.9. The topological polar surface area (TPSA) is 123 Å². The van der Waals surface area contributed by atoms with Crippen LogP contribution < -0.4 is 0 Å². The van der Waals surface area contributed by atoms with Crippen LogP contribution in [0, 0.1) is 0 Å². The van der Waals surface area contributed by atoms with Gasteiger partial charge in [-0.05, 0) is 83.4 Å². The van der Waals surface area contributed by atoms with Crippen molar-refractivity contribution in [3.05, 3.63) is 12.2 Å². The number of carbonyl (C=O) groups excluding carboxylic acids is 3. The van der Waals surface area contributed by atoms with Gasteiger partial charge < -0.3 is 24.4 Å². The van der Waals surface area contributed by atoms with Gasteiger partial charge in [-0.1, -0.05) is 169 Å². The van der Waals surface area contributed by atoms with Crippen molar-refractivity contribution in [3.8, 4) is 0 Å². The van der Waals surface area contributed by atoms with Gasteiger partial charge in [0.2, 0.25) is 0 Å². The molecule has 2 atom stereocenters. The van der Waals surface area contributed by atoms with Crippen LogP contribution in [0.25, 0.3) is 0 Å². The van der Waals surface area contributed by atoms with Crippen LogP contribution in [0.1, 0.15) is 246 Å². The van der Waals surface area contributed by atoms with Crippen LogP contribution in [0.4, 0.5) is 0 Å². The summed E-state index contributed by atoms with van der Waals surface area (Å²) in [5.41, 5.74) is 0. The van der Waals surface area contributed by atoms with Crippen LogP contribution in [0.5, 0.6) is 0 Å². The molecule has 354 valence electrons. The van der Waals surface area contributed by atoms with Crippen LogP contribution in [-0.2, 0) is 28.6 Å². The van der Waals surface area contributed by atoms with Gasteiger partial charge >= 0.3 is 17.9 Å². The molecule has 0 radical (unpaired) electrons. The van der Waals surface area contributed by atoms with Crippen LogP contribution in [0.3, 0.4) is 0 Å². The zero-order valence-corrected chi connectivity index (χ0v) is 39.8. The average Bonchev–Trinajstić information content (AvgIpc) is 3.24. The Balaban J connectivity index is 4.59. The van der Waals surface area contributed by atoms with Gasteiger partial charge in [0, 0.05) is 25.5 Å². The summed E-state index contributed by atoms with van der Waals surface area (Å²) in [6, 6.07) is 0. The lowest BCUT2D eigenvalue weighted by Crippen LogP contribution is -2.30. The van der Waals surface area contributed by atoms with Gasteiger partial charge in [-0.3, -0.25) is 14.5 Å². The van der Waals surface area contributed by atoms with E-state index in [0.29, 0.717) is 32.4 Å². The van der Waals surface area contributed by atoms with E-state index < -0.39 is 18.2 Å². The largest absolute Gasteiger partial charge is 0.466 e. The fourth-order valence-corrected chi connectivity index (χ4v) is 7.60. The number of unbranched alkanes of at least 4 members (excludes halogenated alkanes) is 24. The van der Waals surface area contributed by atoms with E-state index in [2.05, 4.69) is 25.7 Å². The first-order chi connectivity index (χ1) is 29.3. The number of aliphatic hydroxyl groups is 2. The second kappa shape index (κ2) is 45.1. The van der Waals surface area contributed by atoms with Crippen molar-refractivity contribution in [2.75, 3.05) is 32.8 Å². The normalized spacial score (nSPS) is 12.7. The lowest BCUT2D eigenvalue weighted by molar-refractivity contribution is -0.150. The maximum absolute atomic E-state index is 12.8. The van der Waals surface area contributed by atoms with Crippen LogP contribution in [0.15, 0.2) is 12.2 Å². The third kappa shape index (κ3) is 40.1. The molecule has 0 spiro atoms. The maximum atomic E-state index is 12.8. The molecule has 9 heteroatoms. The molecule has 0 aliphatic heterocycles. The Labute approximate surface area is 369 Å². The van der Waals surface area contributed by atoms with Crippen LogP contribution in [0.2, 0.25) is 0 Å². The second-order valence-corrected chi connectivity index (χ2v) is 17.4. The van der Waals surface area contributed by atoms with E-state index in [1.165, 1.54) is 121 Å². The first kappa shape index (κ1) is 58.0. The fourth-order valence-electron chi connectivity index (χ4n) is 7.60. The van der Waals surface area contributed by atoms with Crippen molar-refractivity contribution in [2.24, 2.45) is 0 Å². The number of nitrogens with zero attached hydrogens (tertiary/aromatic N) is 1. The third-order valence-electron chi connectivity index (χ3n) is 11.7. The summed E-state index contributed by atoms with van der Waals surface area (Å²) in [7, 11) is 0. The molecular formula is C51H97NO8. The van der Waals surface area contributed by atoms with E-state index in [0.717, 1.165) is 103 Å². The van der Waals surface area contributed by atoms with Gasteiger partial charge in [0.1, 0.15) is 12.7 Å². The smallest absolute Gasteiger partial charge is 0.330 e. The third-order valence-corrected chi connectivity index (χ3v) is 11.7. The Hall–Kier alpha value is -1.97. The quantitative estimate of drug-likeness (QED) is 0.0267. The first-order valence-corrected chi connectivity index (χ1v) is 25.6. The van der Waals surface area contributed by atoms with Crippen molar-refractivity contribution in [2.45, 2.75) is 264 Å². The fraction of sp³-hybridized carbons (Fsp3) is 0.902. The second-order valence-electron chi connectivity index (χ2n) is 17.4. The van der Waals surface area contributed by atoms with Gasteiger partial charge in [-0.2, -0.15) is 0 Å². The molecule has 0 amide bonds. The Morgan fingerprint density at radius 2 is 0.917 bits per heavy atom. The van der Waals surface area contributed by atoms with Crippen LogP contribution in [-0.4, -0.2) is 84.2 Å². The number of hydrogen-bond acceptors (Lipinski definition) is 9. The molecule has 0 saturated carbocycles. The molecule has 2 unspecified atom stereocenters. The van der Waals surface area contributed by atoms with Gasteiger partial charge in [0.05, 0.1) is 18.8 Å². The standard InChI is InChI=1S/C51H97NO8/c1-5-9-12-15-18-19-20-26-34-44-58-49(55)37-31-27-33-42-52(43-45-59-50(56)40-39-48(54)47(53)8-4)41-32-25-21-24-30-38-51(57)60-46(35-28-22-16-13-10-6-2)36-29-23-17-14-11-7-3/h39-40,46-48,53-54H,5-38,41-45H2,1-4H3/b40-39+. The molecule has 60 heavy (non-hydrogen) atoms. The average molecular weight is 852 g/mol. The molecule has 0 aromatic heterocycles. The van der Waals surface area contributed by atoms with E-state index in [1.807, 2.05) is 0 Å². The lowest BCUT2D eigenvalue weighted by atomic mass is 10.0.